The van der Waals surface area contributed by atoms with E-state index in [1.54, 1.807) is 0 Å². The molecule has 1 atom stereocenters. The summed E-state index contributed by atoms with van der Waals surface area (Å²) >= 11 is 0. The predicted octanol–water partition coefficient (Wildman–Crippen LogP) is 13.9. The molecular formula is C48H80O6. The quantitative estimate of drug-likeness (QED) is 0.0205. The third-order valence-electron chi connectivity index (χ3n) is 9.05. The minimum atomic E-state index is -0.793. The van der Waals surface area contributed by atoms with Crippen LogP contribution in [0.5, 0.6) is 0 Å². The summed E-state index contributed by atoms with van der Waals surface area (Å²) in [6.45, 7) is 6.30. The van der Waals surface area contributed by atoms with E-state index >= 15 is 0 Å². The first-order valence-electron chi connectivity index (χ1n) is 22.0. The van der Waals surface area contributed by atoms with E-state index in [-0.39, 0.29) is 31.1 Å². The average Bonchev–Trinajstić information content (AvgIpc) is 3.17. The fraction of sp³-hybridized carbons (Fsp3) is 0.688. The van der Waals surface area contributed by atoms with Crippen LogP contribution in [-0.4, -0.2) is 37.2 Å². The van der Waals surface area contributed by atoms with E-state index < -0.39 is 6.10 Å². The van der Waals surface area contributed by atoms with Crippen molar-refractivity contribution >= 4 is 17.9 Å². The van der Waals surface area contributed by atoms with Crippen LogP contribution in [0.2, 0.25) is 0 Å². The third-order valence-corrected chi connectivity index (χ3v) is 9.05. The number of hydrogen-bond acceptors (Lipinski definition) is 6. The summed E-state index contributed by atoms with van der Waals surface area (Å²) in [7, 11) is 0. The monoisotopic (exact) mass is 753 g/mol. The normalized spacial score (nSPS) is 12.7. The molecular weight excluding hydrogens is 673 g/mol. The fourth-order valence-corrected chi connectivity index (χ4v) is 5.78. The van der Waals surface area contributed by atoms with Crippen molar-refractivity contribution in [3.8, 4) is 0 Å². The second-order valence-corrected chi connectivity index (χ2v) is 14.3. The maximum absolute atomic E-state index is 12.7. The van der Waals surface area contributed by atoms with Crippen molar-refractivity contribution in [3.63, 3.8) is 0 Å². The highest BCUT2D eigenvalue weighted by Gasteiger charge is 2.19. The second-order valence-electron chi connectivity index (χ2n) is 14.3. The zero-order chi connectivity index (χ0) is 39.4. The first-order chi connectivity index (χ1) is 26.5. The number of unbranched alkanes of at least 4 members (excludes halogenated alkanes) is 18. The number of carbonyl (C=O) groups excluding carboxylic acids is 3. The van der Waals surface area contributed by atoms with E-state index in [0.717, 1.165) is 96.3 Å². The van der Waals surface area contributed by atoms with Gasteiger partial charge < -0.3 is 14.2 Å². The van der Waals surface area contributed by atoms with E-state index in [9.17, 15) is 14.4 Å². The number of carbonyl (C=O) groups is 3. The molecule has 0 spiro atoms. The molecule has 0 aromatic rings. The molecule has 6 nitrogen and oxygen atoms in total. The maximum Gasteiger partial charge on any atom is 0.306 e. The van der Waals surface area contributed by atoms with E-state index in [4.69, 9.17) is 14.2 Å². The van der Waals surface area contributed by atoms with Gasteiger partial charge in [0.1, 0.15) is 13.2 Å². The number of hydrogen-bond donors (Lipinski definition) is 0. The second kappa shape index (κ2) is 42.6. The molecule has 1 unspecified atom stereocenters. The standard InChI is InChI=1S/C48H80O6/c1-4-7-10-13-16-19-21-23-24-25-27-29-32-35-38-41-47(50)53-44-45(43-52-46(49)40-37-34-31-28-18-15-12-9-6-3)54-48(51)42-39-36-33-30-26-22-20-17-14-11-8-5-2/h7,9-10,12-13,16,18-19,21,23-24,28,45H,4-6,8,11,14-15,17,20,22,25-27,29-44H2,1-3H3/b10-7-,12-9-,16-13-,21-19-,24-23-,28-18-. The van der Waals surface area contributed by atoms with Gasteiger partial charge in [-0.1, -0.05) is 184 Å². The molecule has 0 aliphatic carbocycles. The molecule has 0 aliphatic rings. The fourth-order valence-electron chi connectivity index (χ4n) is 5.78. The summed E-state index contributed by atoms with van der Waals surface area (Å²) in [6.07, 6.45) is 51.8. The van der Waals surface area contributed by atoms with Gasteiger partial charge in [0.25, 0.3) is 0 Å². The molecule has 54 heavy (non-hydrogen) atoms. The highest BCUT2D eigenvalue weighted by molar-refractivity contribution is 5.71. The molecule has 0 aromatic heterocycles. The average molecular weight is 753 g/mol. The van der Waals surface area contributed by atoms with Crippen LogP contribution in [0, 0.1) is 0 Å². The minimum Gasteiger partial charge on any atom is -0.462 e. The molecule has 0 aliphatic heterocycles. The Labute approximate surface area is 332 Å². The van der Waals surface area contributed by atoms with Crippen molar-refractivity contribution < 1.29 is 28.6 Å². The molecule has 0 radical (unpaired) electrons. The van der Waals surface area contributed by atoms with E-state index in [1.807, 2.05) is 24.3 Å². The Hall–Kier alpha value is -3.15. The highest BCUT2D eigenvalue weighted by Crippen LogP contribution is 2.14. The lowest BCUT2D eigenvalue weighted by atomic mass is 10.0. The van der Waals surface area contributed by atoms with Crippen LogP contribution in [0.25, 0.3) is 0 Å². The number of rotatable bonds is 38. The number of ether oxygens (including phenoxy) is 3. The Morgan fingerprint density at radius 1 is 0.407 bits per heavy atom. The van der Waals surface area contributed by atoms with Crippen LogP contribution in [0.3, 0.4) is 0 Å². The van der Waals surface area contributed by atoms with E-state index in [1.165, 1.54) is 57.8 Å². The van der Waals surface area contributed by atoms with Gasteiger partial charge in [-0.05, 0) is 64.2 Å². The van der Waals surface area contributed by atoms with Crippen molar-refractivity contribution in [2.24, 2.45) is 0 Å². The Balaban J connectivity index is 4.43. The van der Waals surface area contributed by atoms with Gasteiger partial charge in [-0.25, -0.2) is 0 Å². The summed E-state index contributed by atoms with van der Waals surface area (Å²) in [6, 6.07) is 0. The number of esters is 3. The van der Waals surface area contributed by atoms with Crippen LogP contribution < -0.4 is 0 Å². The number of allylic oxidation sites excluding steroid dienone is 12. The van der Waals surface area contributed by atoms with Gasteiger partial charge in [0, 0.05) is 19.3 Å². The van der Waals surface area contributed by atoms with Crippen molar-refractivity contribution in [3.05, 3.63) is 72.9 Å². The van der Waals surface area contributed by atoms with Crippen LogP contribution in [0.4, 0.5) is 0 Å². The van der Waals surface area contributed by atoms with Gasteiger partial charge in [0.15, 0.2) is 6.10 Å². The Morgan fingerprint density at radius 2 is 0.815 bits per heavy atom. The summed E-state index contributed by atoms with van der Waals surface area (Å²) < 4.78 is 16.6. The van der Waals surface area contributed by atoms with Gasteiger partial charge in [0.2, 0.25) is 0 Å². The Bertz CT molecular complexity index is 1050. The lowest BCUT2D eigenvalue weighted by Crippen LogP contribution is -2.30. The maximum atomic E-state index is 12.7. The summed E-state index contributed by atoms with van der Waals surface area (Å²) in [5.41, 5.74) is 0. The minimum absolute atomic E-state index is 0.0976. The van der Waals surface area contributed by atoms with Gasteiger partial charge in [0.05, 0.1) is 0 Å². The zero-order valence-electron chi connectivity index (χ0n) is 35.0. The summed E-state index contributed by atoms with van der Waals surface area (Å²) in [5.74, 6) is -0.962. The molecule has 0 bridgehead atoms. The molecule has 0 saturated carbocycles. The van der Waals surface area contributed by atoms with Crippen molar-refractivity contribution in [1.82, 2.24) is 0 Å². The van der Waals surface area contributed by atoms with Crippen molar-refractivity contribution in [1.29, 1.82) is 0 Å². The van der Waals surface area contributed by atoms with Crippen molar-refractivity contribution in [2.45, 2.75) is 200 Å². The first-order valence-corrected chi connectivity index (χ1v) is 22.0. The summed E-state index contributed by atoms with van der Waals surface area (Å²) in [4.78, 5) is 37.6. The van der Waals surface area contributed by atoms with Gasteiger partial charge in [-0.2, -0.15) is 0 Å². The molecule has 0 heterocycles. The largest absolute Gasteiger partial charge is 0.462 e. The topological polar surface area (TPSA) is 78.9 Å². The third kappa shape index (κ3) is 40.0. The molecule has 308 valence electrons. The SMILES string of the molecule is CC\C=C/C=C\C=C/C=C\CCCCCCCC(=O)OCC(COC(=O)CCCC/C=C\C/C=C\CC)OC(=O)CCCCCCCCCCCCCC. The van der Waals surface area contributed by atoms with Crippen LogP contribution in [0.1, 0.15) is 194 Å². The smallest absolute Gasteiger partial charge is 0.306 e. The molecule has 0 rings (SSSR count). The predicted molar refractivity (Wildman–Crippen MR) is 228 cm³/mol. The molecule has 0 N–H and O–H groups in total. The van der Waals surface area contributed by atoms with Crippen LogP contribution >= 0.6 is 0 Å². The van der Waals surface area contributed by atoms with E-state index in [0.29, 0.717) is 19.3 Å². The van der Waals surface area contributed by atoms with E-state index in [2.05, 4.69) is 69.4 Å². The Kier molecular flexibility index (Phi) is 40.1. The summed E-state index contributed by atoms with van der Waals surface area (Å²) in [5, 5.41) is 0. The van der Waals surface area contributed by atoms with Crippen LogP contribution in [-0.2, 0) is 28.6 Å². The van der Waals surface area contributed by atoms with Gasteiger partial charge in [-0.15, -0.1) is 0 Å². The molecule has 0 saturated heterocycles. The molecule has 0 amide bonds. The van der Waals surface area contributed by atoms with Crippen LogP contribution in [0.15, 0.2) is 72.9 Å². The zero-order valence-corrected chi connectivity index (χ0v) is 35.0. The molecule has 0 fully saturated rings. The molecule has 6 heteroatoms. The van der Waals surface area contributed by atoms with Gasteiger partial charge in [-0.3, -0.25) is 14.4 Å². The lowest BCUT2D eigenvalue weighted by Gasteiger charge is -2.18. The first kappa shape index (κ1) is 50.9. The van der Waals surface area contributed by atoms with Crippen molar-refractivity contribution in [2.75, 3.05) is 13.2 Å². The van der Waals surface area contributed by atoms with Gasteiger partial charge >= 0.3 is 17.9 Å². The highest BCUT2D eigenvalue weighted by atomic mass is 16.6. The lowest BCUT2D eigenvalue weighted by molar-refractivity contribution is -0.167. The molecule has 0 aromatic carbocycles. The Morgan fingerprint density at radius 3 is 1.37 bits per heavy atom.